The van der Waals surface area contributed by atoms with Gasteiger partial charge in [-0.05, 0) is 24.1 Å². The second kappa shape index (κ2) is 5.12. The highest BCUT2D eigenvalue weighted by Crippen LogP contribution is 2.13. The molecule has 0 bridgehead atoms. The molecular formula is C9H13ClFN. The molecule has 1 nitrogen and oxygen atoms in total. The Kier molecular flexibility index (Phi) is 4.86. The summed E-state index contributed by atoms with van der Waals surface area (Å²) in [4.78, 5) is 0. The van der Waals surface area contributed by atoms with Crippen LogP contribution in [0.4, 0.5) is 4.39 Å². The molecule has 0 fully saturated rings. The Balaban J connectivity index is 0.00000121. The zero-order valence-electron chi connectivity index (χ0n) is 6.96. The number of nitrogens with two attached hydrogens (primary N) is 1. The van der Waals surface area contributed by atoms with E-state index in [1.165, 1.54) is 12.1 Å². The first-order valence-corrected chi connectivity index (χ1v) is 3.75. The first-order valence-electron chi connectivity index (χ1n) is 3.75. The maximum atomic E-state index is 12.4. The SMILES string of the molecule is CCC(N)c1ccc(F)cc1.Cl. The maximum absolute atomic E-state index is 12.4. The smallest absolute Gasteiger partial charge is 0.123 e. The molecule has 0 radical (unpaired) electrons. The van der Waals surface area contributed by atoms with E-state index in [0.29, 0.717) is 0 Å². The fourth-order valence-corrected chi connectivity index (χ4v) is 0.946. The highest BCUT2D eigenvalue weighted by atomic mass is 35.5. The van der Waals surface area contributed by atoms with E-state index in [2.05, 4.69) is 0 Å². The molecule has 1 unspecified atom stereocenters. The van der Waals surface area contributed by atoms with Crippen molar-refractivity contribution in [3.8, 4) is 0 Å². The summed E-state index contributed by atoms with van der Waals surface area (Å²) in [5.74, 6) is -0.211. The van der Waals surface area contributed by atoms with E-state index in [0.717, 1.165) is 12.0 Å². The van der Waals surface area contributed by atoms with Crippen molar-refractivity contribution in [2.45, 2.75) is 19.4 Å². The third-order valence-electron chi connectivity index (χ3n) is 1.74. The number of hydrogen-bond acceptors (Lipinski definition) is 1. The monoisotopic (exact) mass is 189 g/mol. The van der Waals surface area contributed by atoms with Crippen LogP contribution in [0, 0.1) is 5.82 Å². The molecule has 12 heavy (non-hydrogen) atoms. The quantitative estimate of drug-likeness (QED) is 0.761. The van der Waals surface area contributed by atoms with Crippen LogP contribution in [0.5, 0.6) is 0 Å². The molecule has 1 aromatic carbocycles. The third kappa shape index (κ3) is 2.80. The molecule has 0 heterocycles. The van der Waals surface area contributed by atoms with Crippen LogP contribution in [0.3, 0.4) is 0 Å². The van der Waals surface area contributed by atoms with Gasteiger partial charge in [-0.2, -0.15) is 0 Å². The summed E-state index contributed by atoms with van der Waals surface area (Å²) in [6, 6.07) is 6.36. The van der Waals surface area contributed by atoms with E-state index < -0.39 is 0 Å². The van der Waals surface area contributed by atoms with Crippen LogP contribution in [0.2, 0.25) is 0 Å². The molecule has 2 N–H and O–H groups in total. The van der Waals surface area contributed by atoms with Crippen molar-refractivity contribution < 1.29 is 4.39 Å². The second-order valence-corrected chi connectivity index (χ2v) is 2.57. The number of halogens is 2. The minimum absolute atomic E-state index is 0. The lowest BCUT2D eigenvalue weighted by atomic mass is 10.1. The Bertz CT molecular complexity index is 222. The van der Waals surface area contributed by atoms with Gasteiger partial charge in [-0.1, -0.05) is 19.1 Å². The molecule has 0 aliphatic rings. The van der Waals surface area contributed by atoms with Gasteiger partial charge in [0.1, 0.15) is 5.82 Å². The standard InChI is InChI=1S/C9H12FN.ClH/c1-2-9(11)7-3-5-8(10)6-4-7;/h3-6,9H,2,11H2,1H3;1H. The summed E-state index contributed by atoms with van der Waals surface area (Å²) in [6.45, 7) is 2.01. The molecular weight excluding hydrogens is 177 g/mol. The lowest BCUT2D eigenvalue weighted by Crippen LogP contribution is -2.08. The van der Waals surface area contributed by atoms with Crippen LogP contribution in [-0.4, -0.2) is 0 Å². The van der Waals surface area contributed by atoms with E-state index in [9.17, 15) is 4.39 Å². The van der Waals surface area contributed by atoms with Crippen LogP contribution >= 0.6 is 12.4 Å². The van der Waals surface area contributed by atoms with Crippen LogP contribution < -0.4 is 5.73 Å². The fraction of sp³-hybridized carbons (Fsp3) is 0.333. The van der Waals surface area contributed by atoms with Gasteiger partial charge in [-0.15, -0.1) is 12.4 Å². The lowest BCUT2D eigenvalue weighted by molar-refractivity contribution is 0.623. The van der Waals surface area contributed by atoms with Gasteiger partial charge in [0.05, 0.1) is 0 Å². The summed E-state index contributed by atoms with van der Waals surface area (Å²) in [5.41, 5.74) is 6.72. The molecule has 0 spiro atoms. The first-order chi connectivity index (χ1) is 5.24. The van der Waals surface area contributed by atoms with Crippen molar-refractivity contribution in [1.29, 1.82) is 0 Å². The molecule has 0 aliphatic heterocycles. The Hall–Kier alpha value is -0.600. The van der Waals surface area contributed by atoms with Gasteiger partial charge in [-0.3, -0.25) is 0 Å². The minimum Gasteiger partial charge on any atom is -0.324 e. The summed E-state index contributed by atoms with van der Waals surface area (Å²) in [5, 5.41) is 0. The molecule has 1 rings (SSSR count). The van der Waals surface area contributed by atoms with E-state index in [1.54, 1.807) is 12.1 Å². The number of hydrogen-bond donors (Lipinski definition) is 1. The predicted molar refractivity (Wildman–Crippen MR) is 50.9 cm³/mol. The zero-order chi connectivity index (χ0) is 8.27. The average molecular weight is 190 g/mol. The summed E-state index contributed by atoms with van der Waals surface area (Å²) >= 11 is 0. The molecule has 1 aromatic rings. The molecule has 1 atom stereocenters. The van der Waals surface area contributed by atoms with E-state index in [-0.39, 0.29) is 24.3 Å². The van der Waals surface area contributed by atoms with Crippen molar-refractivity contribution in [2.24, 2.45) is 5.73 Å². The third-order valence-corrected chi connectivity index (χ3v) is 1.74. The van der Waals surface area contributed by atoms with Crippen molar-refractivity contribution in [1.82, 2.24) is 0 Å². The highest BCUT2D eigenvalue weighted by Gasteiger charge is 2.01. The molecule has 3 heteroatoms. The second-order valence-electron chi connectivity index (χ2n) is 2.57. The predicted octanol–water partition coefficient (Wildman–Crippen LogP) is 2.66. The highest BCUT2D eigenvalue weighted by molar-refractivity contribution is 5.85. The molecule has 0 aromatic heterocycles. The van der Waals surface area contributed by atoms with Gasteiger partial charge in [0.2, 0.25) is 0 Å². The van der Waals surface area contributed by atoms with Gasteiger partial charge in [-0.25, -0.2) is 4.39 Å². The van der Waals surface area contributed by atoms with Gasteiger partial charge in [0, 0.05) is 6.04 Å². The Labute approximate surface area is 78.2 Å². The van der Waals surface area contributed by atoms with Crippen molar-refractivity contribution in [3.63, 3.8) is 0 Å². The van der Waals surface area contributed by atoms with Crippen LogP contribution in [0.25, 0.3) is 0 Å². The Morgan fingerprint density at radius 1 is 1.33 bits per heavy atom. The largest absolute Gasteiger partial charge is 0.324 e. The normalized spacial score (nSPS) is 11.9. The summed E-state index contributed by atoms with van der Waals surface area (Å²) in [6.07, 6.45) is 0.881. The summed E-state index contributed by atoms with van der Waals surface area (Å²) < 4.78 is 12.4. The minimum atomic E-state index is -0.211. The zero-order valence-corrected chi connectivity index (χ0v) is 7.77. The van der Waals surface area contributed by atoms with Crippen LogP contribution in [0.15, 0.2) is 24.3 Å². The van der Waals surface area contributed by atoms with Gasteiger partial charge < -0.3 is 5.73 Å². The summed E-state index contributed by atoms with van der Waals surface area (Å²) in [7, 11) is 0. The van der Waals surface area contributed by atoms with Crippen LogP contribution in [-0.2, 0) is 0 Å². The average Bonchev–Trinajstić information content (AvgIpc) is 2.05. The Morgan fingerprint density at radius 3 is 2.25 bits per heavy atom. The molecule has 0 aliphatic carbocycles. The molecule has 0 saturated heterocycles. The first kappa shape index (κ1) is 11.4. The molecule has 0 amide bonds. The molecule has 0 saturated carbocycles. The van der Waals surface area contributed by atoms with Gasteiger partial charge >= 0.3 is 0 Å². The van der Waals surface area contributed by atoms with Gasteiger partial charge in [0.15, 0.2) is 0 Å². The van der Waals surface area contributed by atoms with Crippen molar-refractivity contribution >= 4 is 12.4 Å². The number of benzene rings is 1. The molecule has 68 valence electrons. The van der Waals surface area contributed by atoms with Crippen molar-refractivity contribution in [3.05, 3.63) is 35.6 Å². The lowest BCUT2D eigenvalue weighted by Gasteiger charge is -2.07. The Morgan fingerprint density at radius 2 is 1.83 bits per heavy atom. The topological polar surface area (TPSA) is 26.0 Å². The van der Waals surface area contributed by atoms with Gasteiger partial charge in [0.25, 0.3) is 0 Å². The van der Waals surface area contributed by atoms with E-state index in [1.807, 2.05) is 6.92 Å². The van der Waals surface area contributed by atoms with Crippen molar-refractivity contribution in [2.75, 3.05) is 0 Å². The van der Waals surface area contributed by atoms with E-state index in [4.69, 9.17) is 5.73 Å². The van der Waals surface area contributed by atoms with Crippen LogP contribution in [0.1, 0.15) is 24.9 Å². The maximum Gasteiger partial charge on any atom is 0.123 e. The fourth-order valence-electron chi connectivity index (χ4n) is 0.946. The number of rotatable bonds is 2. The van der Waals surface area contributed by atoms with E-state index >= 15 is 0 Å².